The van der Waals surface area contributed by atoms with Crippen molar-refractivity contribution in [2.24, 2.45) is 5.92 Å². The van der Waals surface area contributed by atoms with Crippen LogP contribution in [-0.4, -0.2) is 27.2 Å². The van der Waals surface area contributed by atoms with Gasteiger partial charge in [0.1, 0.15) is 5.69 Å². The average Bonchev–Trinajstić information content (AvgIpc) is 2.91. The summed E-state index contributed by atoms with van der Waals surface area (Å²) in [5.74, 6) is 0.749. The Labute approximate surface area is 82.7 Å². The third kappa shape index (κ3) is 1.93. The van der Waals surface area contributed by atoms with Crippen molar-refractivity contribution >= 4 is 0 Å². The van der Waals surface area contributed by atoms with E-state index in [1.807, 2.05) is 4.68 Å². The lowest BCUT2D eigenvalue weighted by Crippen LogP contribution is -2.08. The third-order valence-corrected chi connectivity index (χ3v) is 2.48. The zero-order chi connectivity index (χ0) is 9.97. The molecule has 1 heterocycles. The lowest BCUT2D eigenvalue weighted by molar-refractivity contribution is 0.172. The van der Waals surface area contributed by atoms with Gasteiger partial charge in [-0.15, -0.1) is 5.10 Å². The van der Waals surface area contributed by atoms with Crippen molar-refractivity contribution in [1.82, 2.24) is 15.0 Å². The van der Waals surface area contributed by atoms with Crippen LogP contribution < -0.4 is 0 Å². The highest BCUT2D eigenvalue weighted by molar-refractivity contribution is 5.08. The maximum atomic E-state index is 9.04. The second-order valence-corrected chi connectivity index (χ2v) is 3.70. The van der Waals surface area contributed by atoms with Crippen LogP contribution in [0.15, 0.2) is 0 Å². The summed E-state index contributed by atoms with van der Waals surface area (Å²) in [6, 6.07) is 0. The Morgan fingerprint density at radius 2 is 2.36 bits per heavy atom. The lowest BCUT2D eigenvalue weighted by Gasteiger charge is -2.05. The van der Waals surface area contributed by atoms with Crippen molar-refractivity contribution in [2.45, 2.75) is 32.6 Å². The van der Waals surface area contributed by atoms with Gasteiger partial charge in [0.2, 0.25) is 0 Å². The Morgan fingerprint density at radius 1 is 1.57 bits per heavy atom. The molecule has 0 aromatic carbocycles. The summed E-state index contributed by atoms with van der Waals surface area (Å²) in [6.07, 6.45) is 2.56. The average molecular weight is 197 g/mol. The van der Waals surface area contributed by atoms with Crippen LogP contribution in [0.25, 0.3) is 0 Å². The molecule has 5 nitrogen and oxygen atoms in total. The van der Waals surface area contributed by atoms with E-state index in [9.17, 15) is 0 Å². The molecule has 5 heteroatoms. The van der Waals surface area contributed by atoms with Crippen LogP contribution in [0.5, 0.6) is 0 Å². The van der Waals surface area contributed by atoms with Gasteiger partial charge in [0.15, 0.2) is 0 Å². The highest BCUT2D eigenvalue weighted by Gasteiger charge is 2.24. The fraction of sp³-hybridized carbons (Fsp3) is 0.778. The van der Waals surface area contributed by atoms with Crippen LogP contribution in [-0.2, 0) is 24.5 Å². The summed E-state index contributed by atoms with van der Waals surface area (Å²) in [4.78, 5) is 0. The molecule has 0 aliphatic heterocycles. The molecule has 1 N–H and O–H groups in total. The summed E-state index contributed by atoms with van der Waals surface area (Å²) in [6.45, 7) is 1.31. The van der Waals surface area contributed by atoms with Gasteiger partial charge in [-0.05, 0) is 18.8 Å². The van der Waals surface area contributed by atoms with Gasteiger partial charge in [-0.1, -0.05) is 5.21 Å². The quantitative estimate of drug-likeness (QED) is 0.738. The monoisotopic (exact) mass is 197 g/mol. The van der Waals surface area contributed by atoms with Gasteiger partial charge in [0, 0.05) is 13.7 Å². The van der Waals surface area contributed by atoms with E-state index in [1.54, 1.807) is 7.11 Å². The van der Waals surface area contributed by atoms with Crippen molar-refractivity contribution in [3.8, 4) is 0 Å². The van der Waals surface area contributed by atoms with Crippen molar-refractivity contribution in [2.75, 3.05) is 7.11 Å². The number of hydrogen-bond acceptors (Lipinski definition) is 4. The van der Waals surface area contributed by atoms with Crippen molar-refractivity contribution < 1.29 is 9.84 Å². The topological polar surface area (TPSA) is 60.2 Å². The Balaban J connectivity index is 2.14. The van der Waals surface area contributed by atoms with Crippen molar-refractivity contribution in [1.29, 1.82) is 0 Å². The standard InChI is InChI=1S/C9H15N3O2/c1-14-6-9-8(5-13)10-11-12(9)4-7-2-3-7/h7,13H,2-6H2,1H3. The molecule has 0 bridgehead atoms. The summed E-state index contributed by atoms with van der Waals surface area (Å²) >= 11 is 0. The van der Waals surface area contributed by atoms with Crippen molar-refractivity contribution in [3.05, 3.63) is 11.4 Å². The van der Waals surface area contributed by atoms with Crippen LogP contribution in [0.1, 0.15) is 24.2 Å². The van der Waals surface area contributed by atoms with Gasteiger partial charge in [-0.2, -0.15) is 0 Å². The van der Waals surface area contributed by atoms with E-state index in [1.165, 1.54) is 12.8 Å². The summed E-state index contributed by atoms with van der Waals surface area (Å²) in [5, 5.41) is 17.0. The summed E-state index contributed by atoms with van der Waals surface area (Å²) in [5.41, 5.74) is 1.54. The molecule has 2 rings (SSSR count). The molecule has 0 amide bonds. The largest absolute Gasteiger partial charge is 0.390 e. The minimum Gasteiger partial charge on any atom is -0.390 e. The molecule has 0 spiro atoms. The SMILES string of the molecule is COCc1c(CO)nnn1CC1CC1. The Hall–Kier alpha value is -0.940. The molecular weight excluding hydrogens is 182 g/mol. The van der Waals surface area contributed by atoms with Gasteiger partial charge in [-0.25, -0.2) is 4.68 Å². The first-order chi connectivity index (χ1) is 6.85. The van der Waals surface area contributed by atoms with E-state index in [2.05, 4.69) is 10.3 Å². The zero-order valence-electron chi connectivity index (χ0n) is 8.31. The molecule has 1 aromatic rings. The molecule has 1 aliphatic rings. The molecule has 14 heavy (non-hydrogen) atoms. The predicted octanol–water partition coefficient (Wildman–Crippen LogP) is 0.327. The predicted molar refractivity (Wildman–Crippen MR) is 49.4 cm³/mol. The van der Waals surface area contributed by atoms with E-state index in [0.717, 1.165) is 18.2 Å². The van der Waals surface area contributed by atoms with Gasteiger partial charge in [0.05, 0.1) is 18.9 Å². The van der Waals surface area contributed by atoms with Gasteiger partial charge in [0.25, 0.3) is 0 Å². The van der Waals surface area contributed by atoms with Crippen molar-refractivity contribution in [3.63, 3.8) is 0 Å². The molecule has 1 saturated carbocycles. The first-order valence-electron chi connectivity index (χ1n) is 4.86. The van der Waals surface area contributed by atoms with E-state index in [0.29, 0.717) is 12.3 Å². The molecule has 1 fully saturated rings. The Kier molecular flexibility index (Phi) is 2.79. The van der Waals surface area contributed by atoms with E-state index < -0.39 is 0 Å². The van der Waals surface area contributed by atoms with Crippen LogP contribution in [0.4, 0.5) is 0 Å². The van der Waals surface area contributed by atoms with E-state index in [-0.39, 0.29) is 6.61 Å². The molecule has 0 unspecified atom stereocenters. The second kappa shape index (κ2) is 4.06. The Morgan fingerprint density at radius 3 is 2.93 bits per heavy atom. The van der Waals surface area contributed by atoms with Crippen LogP contribution in [0.2, 0.25) is 0 Å². The molecule has 0 radical (unpaired) electrons. The lowest BCUT2D eigenvalue weighted by atomic mass is 10.3. The van der Waals surface area contributed by atoms with E-state index >= 15 is 0 Å². The minimum absolute atomic E-state index is 0.0661. The number of hydrogen-bond donors (Lipinski definition) is 1. The minimum atomic E-state index is -0.0661. The summed E-state index contributed by atoms with van der Waals surface area (Å²) in [7, 11) is 1.63. The number of aliphatic hydroxyl groups excluding tert-OH is 1. The maximum Gasteiger partial charge on any atom is 0.114 e. The highest BCUT2D eigenvalue weighted by atomic mass is 16.5. The molecule has 78 valence electrons. The Bertz CT molecular complexity index is 307. The smallest absolute Gasteiger partial charge is 0.114 e. The molecule has 1 aromatic heterocycles. The van der Waals surface area contributed by atoms with Crippen LogP contribution in [0.3, 0.4) is 0 Å². The van der Waals surface area contributed by atoms with Crippen LogP contribution in [0, 0.1) is 5.92 Å². The first kappa shape index (κ1) is 9.61. The molecule has 1 aliphatic carbocycles. The normalized spacial score (nSPS) is 16.1. The number of rotatable bonds is 5. The van der Waals surface area contributed by atoms with Gasteiger partial charge < -0.3 is 9.84 Å². The number of aliphatic hydroxyl groups is 1. The van der Waals surface area contributed by atoms with E-state index in [4.69, 9.17) is 9.84 Å². The zero-order valence-corrected chi connectivity index (χ0v) is 8.31. The van der Waals surface area contributed by atoms with Crippen LogP contribution >= 0.6 is 0 Å². The molecule has 0 atom stereocenters. The second-order valence-electron chi connectivity index (χ2n) is 3.70. The van der Waals surface area contributed by atoms with Gasteiger partial charge >= 0.3 is 0 Å². The first-order valence-corrected chi connectivity index (χ1v) is 4.86. The fourth-order valence-corrected chi connectivity index (χ4v) is 1.48. The number of ether oxygens (including phenoxy) is 1. The highest BCUT2D eigenvalue weighted by Crippen LogP contribution is 2.30. The number of nitrogens with zero attached hydrogens (tertiary/aromatic N) is 3. The fourth-order valence-electron chi connectivity index (χ4n) is 1.48. The molecular formula is C9H15N3O2. The third-order valence-electron chi connectivity index (χ3n) is 2.48. The molecule has 0 saturated heterocycles. The number of methoxy groups -OCH3 is 1. The maximum absolute atomic E-state index is 9.04. The summed E-state index contributed by atoms with van der Waals surface area (Å²) < 4.78 is 6.91. The number of aromatic nitrogens is 3. The van der Waals surface area contributed by atoms with Gasteiger partial charge in [-0.3, -0.25) is 0 Å².